The van der Waals surface area contributed by atoms with E-state index in [4.69, 9.17) is 0 Å². The molecule has 9 heteroatoms. The van der Waals surface area contributed by atoms with Gasteiger partial charge < -0.3 is 0 Å². The highest BCUT2D eigenvalue weighted by Gasteiger charge is 2.19. The van der Waals surface area contributed by atoms with Crippen molar-refractivity contribution in [1.82, 2.24) is 0 Å². The van der Waals surface area contributed by atoms with Crippen molar-refractivity contribution in [3.63, 3.8) is 0 Å². The van der Waals surface area contributed by atoms with E-state index in [1.807, 2.05) is 0 Å². The van der Waals surface area contributed by atoms with Crippen LogP contribution in [0.25, 0.3) is 0 Å². The Morgan fingerprint density at radius 1 is 1.30 bits per heavy atom. The number of non-ortho nitro benzene ring substituents is 1. The van der Waals surface area contributed by atoms with Crippen LogP contribution in [0.4, 0.5) is 11.4 Å². The normalized spacial score (nSPS) is 11.3. The number of aryl methyl sites for hydroxylation is 1. The van der Waals surface area contributed by atoms with Crippen LogP contribution < -0.4 is 4.72 Å². The van der Waals surface area contributed by atoms with Gasteiger partial charge in [-0.15, -0.1) is 11.3 Å². The molecule has 0 amide bonds. The summed E-state index contributed by atoms with van der Waals surface area (Å²) in [6.07, 6.45) is 0. The minimum absolute atomic E-state index is 0.135. The predicted molar refractivity (Wildman–Crippen MR) is 80.7 cm³/mol. The molecule has 106 valence electrons. The topological polar surface area (TPSA) is 89.3 Å². The third kappa shape index (κ3) is 3.17. The molecule has 20 heavy (non-hydrogen) atoms. The number of halogens is 1. The highest BCUT2D eigenvalue weighted by atomic mass is 79.9. The first-order chi connectivity index (χ1) is 9.29. The number of nitrogens with one attached hydrogen (secondary N) is 1. The van der Waals surface area contributed by atoms with Crippen LogP contribution >= 0.6 is 27.3 Å². The lowest BCUT2D eigenvalue weighted by Gasteiger charge is -2.08. The summed E-state index contributed by atoms with van der Waals surface area (Å²) < 4.78 is 27.5. The predicted octanol–water partition coefficient (Wildman–Crippen LogP) is 3.53. The number of nitrogens with zero attached hydrogens (tertiary/aromatic N) is 1. The van der Waals surface area contributed by atoms with Gasteiger partial charge >= 0.3 is 0 Å². The Hall–Kier alpha value is -1.45. The first-order valence-corrected chi connectivity index (χ1v) is 8.42. The number of hydrogen-bond acceptors (Lipinski definition) is 5. The number of anilines is 1. The molecular formula is C11H9BrN2O4S2. The van der Waals surface area contributed by atoms with Gasteiger partial charge in [0.25, 0.3) is 15.7 Å². The number of nitro groups is 1. The lowest BCUT2D eigenvalue weighted by atomic mass is 10.2. The fraction of sp³-hybridized carbons (Fsp3) is 0.0909. The summed E-state index contributed by atoms with van der Waals surface area (Å²) in [6.45, 7) is 1.67. The Labute approximate surface area is 127 Å². The van der Waals surface area contributed by atoms with Gasteiger partial charge in [-0.1, -0.05) is 6.07 Å². The fourth-order valence-electron chi connectivity index (χ4n) is 1.47. The molecule has 2 aromatic rings. The number of hydrogen-bond donors (Lipinski definition) is 1. The van der Waals surface area contributed by atoms with Crippen molar-refractivity contribution in [1.29, 1.82) is 0 Å². The van der Waals surface area contributed by atoms with Crippen LogP contribution in [0.15, 0.2) is 38.3 Å². The van der Waals surface area contributed by atoms with E-state index >= 15 is 0 Å². The van der Waals surface area contributed by atoms with E-state index in [0.29, 0.717) is 9.35 Å². The van der Waals surface area contributed by atoms with E-state index in [1.165, 1.54) is 24.3 Å². The van der Waals surface area contributed by atoms with Gasteiger partial charge in [0.05, 0.1) is 14.4 Å². The smallest absolute Gasteiger partial charge is 0.271 e. The van der Waals surface area contributed by atoms with Crippen LogP contribution in [0.1, 0.15) is 5.56 Å². The standard InChI is InChI=1S/C11H9BrN2O4S2/c1-7-2-3-8(14(15)16)6-9(7)13-20(17,18)11-5-4-10(12)19-11/h2-6,13H,1H3. The zero-order valence-corrected chi connectivity index (χ0v) is 13.4. The van der Waals surface area contributed by atoms with Gasteiger partial charge in [-0.25, -0.2) is 8.42 Å². The minimum Gasteiger partial charge on any atom is -0.278 e. The second-order valence-corrected chi connectivity index (χ2v) is 8.29. The molecule has 0 fully saturated rings. The van der Waals surface area contributed by atoms with Crippen molar-refractivity contribution in [2.24, 2.45) is 0 Å². The molecule has 0 aliphatic rings. The van der Waals surface area contributed by atoms with Crippen LogP contribution in [0.3, 0.4) is 0 Å². The Kier molecular flexibility index (Phi) is 4.11. The molecule has 1 aromatic carbocycles. The van der Waals surface area contributed by atoms with Gasteiger partial charge in [0, 0.05) is 12.1 Å². The highest BCUT2D eigenvalue weighted by molar-refractivity contribution is 9.11. The maximum atomic E-state index is 12.2. The van der Waals surface area contributed by atoms with Crippen LogP contribution in [0.5, 0.6) is 0 Å². The molecule has 6 nitrogen and oxygen atoms in total. The summed E-state index contributed by atoms with van der Waals surface area (Å²) in [4.78, 5) is 10.2. The fourth-order valence-corrected chi connectivity index (χ4v) is 4.60. The largest absolute Gasteiger partial charge is 0.278 e. The van der Waals surface area contributed by atoms with Crippen LogP contribution in [0, 0.1) is 17.0 Å². The number of thiophene rings is 1. The van der Waals surface area contributed by atoms with Crippen molar-refractivity contribution in [2.45, 2.75) is 11.1 Å². The molecule has 0 radical (unpaired) electrons. The number of nitro benzene ring substituents is 1. The van der Waals surface area contributed by atoms with Crippen LogP contribution in [-0.4, -0.2) is 13.3 Å². The third-order valence-electron chi connectivity index (χ3n) is 2.49. The molecule has 1 N–H and O–H groups in total. The Morgan fingerprint density at radius 3 is 2.55 bits per heavy atom. The van der Waals surface area contributed by atoms with Crippen LogP contribution in [-0.2, 0) is 10.0 Å². The van der Waals surface area contributed by atoms with Crippen molar-refractivity contribution in [2.75, 3.05) is 4.72 Å². The second-order valence-electron chi connectivity index (χ2n) is 3.92. The lowest BCUT2D eigenvalue weighted by Crippen LogP contribution is -2.12. The zero-order valence-electron chi connectivity index (χ0n) is 10.2. The maximum absolute atomic E-state index is 12.2. The summed E-state index contributed by atoms with van der Waals surface area (Å²) in [7, 11) is -3.74. The Balaban J connectivity index is 2.39. The van der Waals surface area contributed by atoms with E-state index in [2.05, 4.69) is 20.7 Å². The summed E-state index contributed by atoms with van der Waals surface area (Å²) in [5.41, 5.74) is 0.638. The summed E-state index contributed by atoms with van der Waals surface area (Å²) in [5.74, 6) is 0. The van der Waals surface area contributed by atoms with Crippen molar-refractivity contribution < 1.29 is 13.3 Å². The van der Waals surface area contributed by atoms with E-state index in [0.717, 1.165) is 11.3 Å². The monoisotopic (exact) mass is 376 g/mol. The number of rotatable bonds is 4. The van der Waals surface area contributed by atoms with Crippen molar-refractivity contribution >= 4 is 48.7 Å². The molecule has 0 atom stereocenters. The summed E-state index contributed by atoms with van der Waals surface area (Å²) in [6, 6.07) is 7.12. The molecule has 0 saturated heterocycles. The van der Waals surface area contributed by atoms with Gasteiger partial charge in [-0.2, -0.15) is 0 Å². The molecule has 0 bridgehead atoms. The van der Waals surface area contributed by atoms with Crippen LogP contribution in [0.2, 0.25) is 0 Å². The average Bonchev–Trinajstić information content (AvgIpc) is 2.79. The average molecular weight is 377 g/mol. The summed E-state index contributed by atoms with van der Waals surface area (Å²) in [5, 5.41) is 10.7. The highest BCUT2D eigenvalue weighted by Crippen LogP contribution is 2.29. The molecule has 1 heterocycles. The van der Waals surface area contributed by atoms with E-state index < -0.39 is 14.9 Å². The van der Waals surface area contributed by atoms with E-state index in [-0.39, 0.29) is 15.6 Å². The quantitative estimate of drug-likeness (QED) is 0.652. The van der Waals surface area contributed by atoms with Gasteiger partial charge in [0.2, 0.25) is 0 Å². The molecule has 0 unspecified atom stereocenters. The Bertz CT molecular complexity index is 770. The molecule has 1 aromatic heterocycles. The number of sulfonamides is 1. The van der Waals surface area contributed by atoms with E-state index in [9.17, 15) is 18.5 Å². The van der Waals surface area contributed by atoms with Gasteiger partial charge in [-0.05, 0) is 40.5 Å². The summed E-state index contributed by atoms with van der Waals surface area (Å²) >= 11 is 4.25. The molecule has 0 aliphatic heterocycles. The minimum atomic E-state index is -3.74. The maximum Gasteiger partial charge on any atom is 0.271 e. The molecule has 0 saturated carbocycles. The SMILES string of the molecule is Cc1ccc([N+](=O)[O-])cc1NS(=O)(=O)c1ccc(Br)s1. The molecule has 2 rings (SSSR count). The third-order valence-corrected chi connectivity index (χ3v) is 5.97. The Morgan fingerprint density at radius 2 is 2.00 bits per heavy atom. The van der Waals surface area contributed by atoms with Gasteiger partial charge in [-0.3, -0.25) is 14.8 Å². The lowest BCUT2D eigenvalue weighted by molar-refractivity contribution is -0.384. The molecule has 0 spiro atoms. The van der Waals surface area contributed by atoms with Crippen molar-refractivity contribution in [3.05, 3.63) is 49.8 Å². The van der Waals surface area contributed by atoms with E-state index in [1.54, 1.807) is 13.0 Å². The van der Waals surface area contributed by atoms with Gasteiger partial charge in [0.1, 0.15) is 4.21 Å². The first kappa shape index (κ1) is 14.9. The zero-order chi connectivity index (χ0) is 14.9. The molecule has 0 aliphatic carbocycles. The second kappa shape index (κ2) is 5.51. The number of benzene rings is 1. The van der Waals surface area contributed by atoms with Crippen molar-refractivity contribution in [3.8, 4) is 0 Å². The first-order valence-electron chi connectivity index (χ1n) is 5.33. The molecular weight excluding hydrogens is 368 g/mol. The van der Waals surface area contributed by atoms with Gasteiger partial charge in [0.15, 0.2) is 0 Å².